The van der Waals surface area contributed by atoms with Crippen molar-refractivity contribution in [1.29, 1.82) is 0 Å². The summed E-state index contributed by atoms with van der Waals surface area (Å²) in [6.07, 6.45) is 1.63. The smallest absolute Gasteiger partial charge is 0.301 e. The van der Waals surface area contributed by atoms with E-state index in [1.54, 1.807) is 74.9 Å². The Labute approximate surface area is 229 Å². The van der Waals surface area contributed by atoms with Crippen molar-refractivity contribution in [2.24, 2.45) is 0 Å². The van der Waals surface area contributed by atoms with Crippen molar-refractivity contribution in [1.82, 2.24) is 4.98 Å². The number of nitrogens with zero attached hydrogens (tertiary/aromatic N) is 2. The maximum absolute atomic E-state index is 13.6. The molecule has 0 radical (unpaired) electrons. The number of ether oxygens (including phenoxy) is 3. The summed E-state index contributed by atoms with van der Waals surface area (Å²) in [6.45, 7) is 5.80. The monoisotopic (exact) mass is 542 g/mol. The Kier molecular flexibility index (Phi) is 7.08. The highest BCUT2D eigenvalue weighted by Crippen LogP contribution is 2.45. The number of hydrogen-bond acceptors (Lipinski definition) is 8. The molecule has 1 saturated heterocycles. The van der Waals surface area contributed by atoms with Gasteiger partial charge in [0, 0.05) is 5.56 Å². The number of methoxy groups -OCH3 is 2. The first-order valence-corrected chi connectivity index (χ1v) is 12.9. The van der Waals surface area contributed by atoms with Gasteiger partial charge in [0.15, 0.2) is 5.13 Å². The fourth-order valence-electron chi connectivity index (χ4n) is 4.58. The highest BCUT2D eigenvalue weighted by atomic mass is 32.1. The number of aliphatic hydroxyl groups excluding tert-OH is 1. The Hall–Kier alpha value is -4.63. The number of aliphatic hydroxyl groups is 1. The molecule has 1 aliphatic rings. The van der Waals surface area contributed by atoms with Crippen molar-refractivity contribution < 1.29 is 28.9 Å². The van der Waals surface area contributed by atoms with Crippen molar-refractivity contribution in [2.45, 2.75) is 13.0 Å². The number of aromatic nitrogens is 1. The molecule has 1 fully saturated rings. The number of Topliss-reactive ketones (excluding diaryl/α,β-unsaturated/α-hetero) is 1. The summed E-state index contributed by atoms with van der Waals surface area (Å²) in [4.78, 5) is 33.1. The van der Waals surface area contributed by atoms with Gasteiger partial charge in [-0.05, 0) is 66.6 Å². The quantitative estimate of drug-likeness (QED) is 0.130. The predicted octanol–water partition coefficient (Wildman–Crippen LogP) is 5.81. The Balaban J connectivity index is 1.70. The number of aryl methyl sites for hydroxylation is 1. The first-order valence-electron chi connectivity index (χ1n) is 12.1. The predicted molar refractivity (Wildman–Crippen MR) is 151 cm³/mol. The maximum Gasteiger partial charge on any atom is 0.301 e. The van der Waals surface area contributed by atoms with E-state index in [1.807, 2.05) is 13.0 Å². The van der Waals surface area contributed by atoms with Crippen molar-refractivity contribution in [3.8, 4) is 17.2 Å². The third-order valence-electron chi connectivity index (χ3n) is 6.44. The number of rotatable bonds is 8. The number of ketones is 1. The van der Waals surface area contributed by atoms with E-state index < -0.39 is 17.7 Å². The van der Waals surface area contributed by atoms with Gasteiger partial charge in [0.05, 0.1) is 36.1 Å². The zero-order valence-corrected chi connectivity index (χ0v) is 22.5. The van der Waals surface area contributed by atoms with E-state index in [0.717, 1.165) is 10.3 Å². The molecule has 0 spiro atoms. The first-order chi connectivity index (χ1) is 18.9. The highest BCUT2D eigenvalue weighted by molar-refractivity contribution is 7.22. The van der Waals surface area contributed by atoms with Crippen LogP contribution < -0.4 is 19.1 Å². The van der Waals surface area contributed by atoms with Crippen LogP contribution in [0.25, 0.3) is 16.0 Å². The van der Waals surface area contributed by atoms with E-state index in [0.29, 0.717) is 39.0 Å². The third kappa shape index (κ3) is 4.72. The van der Waals surface area contributed by atoms with Crippen LogP contribution in [-0.2, 0) is 9.59 Å². The summed E-state index contributed by atoms with van der Waals surface area (Å²) in [7, 11) is 3.13. The van der Waals surface area contributed by atoms with Gasteiger partial charge in [-0.3, -0.25) is 14.5 Å². The van der Waals surface area contributed by atoms with Crippen LogP contribution in [-0.4, -0.2) is 42.6 Å². The molecule has 0 saturated carbocycles. The number of fused-ring (bicyclic) bond motifs is 1. The van der Waals surface area contributed by atoms with Gasteiger partial charge in [-0.1, -0.05) is 36.1 Å². The normalized spacial score (nSPS) is 16.5. The number of anilines is 1. The van der Waals surface area contributed by atoms with Crippen molar-refractivity contribution in [2.75, 3.05) is 25.7 Å². The van der Waals surface area contributed by atoms with Crippen LogP contribution in [0.4, 0.5) is 5.13 Å². The van der Waals surface area contributed by atoms with Gasteiger partial charge in [0.25, 0.3) is 5.78 Å². The minimum Gasteiger partial charge on any atom is -0.507 e. The highest BCUT2D eigenvalue weighted by Gasteiger charge is 2.48. The van der Waals surface area contributed by atoms with Gasteiger partial charge < -0.3 is 19.3 Å². The second-order valence-electron chi connectivity index (χ2n) is 8.86. The summed E-state index contributed by atoms with van der Waals surface area (Å²) in [5.41, 5.74) is 2.36. The SMILES string of the molecule is C=CCOc1cccc([C@H]2C(=C(O)c3ccc(OC)c(C)c3)C(=O)C(=O)N2c2nc3ccc(OC)cc3s2)c1. The molecule has 2 heterocycles. The minimum absolute atomic E-state index is 0.0396. The second kappa shape index (κ2) is 10.6. The van der Waals surface area contributed by atoms with Crippen molar-refractivity contribution >= 4 is 44.1 Å². The maximum atomic E-state index is 13.6. The standard InChI is InChI=1S/C30H26N2O6S/c1-5-13-38-21-8-6-7-18(15-21)26-25(27(33)19-9-12-23(37-4)17(2)14-19)28(34)29(35)32(26)30-31-22-11-10-20(36-3)16-24(22)39-30/h5-12,14-16,26,33H,1,13H2,2-4H3/t26-/m0/s1. The van der Waals surface area contributed by atoms with Gasteiger partial charge in [-0.2, -0.15) is 0 Å². The lowest BCUT2D eigenvalue weighted by molar-refractivity contribution is -0.132. The molecule has 1 atom stereocenters. The molecule has 0 unspecified atom stereocenters. The summed E-state index contributed by atoms with van der Waals surface area (Å²) < 4.78 is 17.2. The Bertz CT molecular complexity index is 1640. The summed E-state index contributed by atoms with van der Waals surface area (Å²) >= 11 is 1.26. The molecule has 1 amide bonds. The molecule has 5 rings (SSSR count). The molecule has 1 aliphatic heterocycles. The van der Waals surface area contributed by atoms with Crippen LogP contribution in [0.15, 0.2) is 78.9 Å². The zero-order chi connectivity index (χ0) is 27.7. The van der Waals surface area contributed by atoms with Crippen LogP contribution in [0.5, 0.6) is 17.2 Å². The van der Waals surface area contributed by atoms with E-state index in [4.69, 9.17) is 14.2 Å². The molecule has 3 aromatic carbocycles. The second-order valence-corrected chi connectivity index (χ2v) is 9.86. The molecule has 39 heavy (non-hydrogen) atoms. The molecular weight excluding hydrogens is 516 g/mol. The molecule has 1 aromatic heterocycles. The lowest BCUT2D eigenvalue weighted by Gasteiger charge is -2.23. The van der Waals surface area contributed by atoms with E-state index in [-0.39, 0.29) is 17.9 Å². The molecule has 8 nitrogen and oxygen atoms in total. The topological polar surface area (TPSA) is 98.2 Å². The lowest BCUT2D eigenvalue weighted by atomic mass is 9.94. The Morgan fingerprint density at radius 1 is 1.08 bits per heavy atom. The van der Waals surface area contributed by atoms with Gasteiger partial charge in [-0.15, -0.1) is 0 Å². The van der Waals surface area contributed by atoms with E-state index in [9.17, 15) is 14.7 Å². The van der Waals surface area contributed by atoms with Crippen LogP contribution in [0.1, 0.15) is 22.7 Å². The molecule has 1 N–H and O–H groups in total. The molecule has 0 aliphatic carbocycles. The zero-order valence-electron chi connectivity index (χ0n) is 21.6. The number of carbonyl (C=O) groups excluding carboxylic acids is 2. The average Bonchev–Trinajstić information content (AvgIpc) is 3.48. The number of amides is 1. The molecule has 9 heteroatoms. The van der Waals surface area contributed by atoms with Gasteiger partial charge in [-0.25, -0.2) is 4.98 Å². The summed E-state index contributed by atoms with van der Waals surface area (Å²) in [5, 5.41) is 11.8. The summed E-state index contributed by atoms with van der Waals surface area (Å²) in [6, 6.07) is 16.6. The van der Waals surface area contributed by atoms with Crippen molar-refractivity contribution in [3.63, 3.8) is 0 Å². The summed E-state index contributed by atoms with van der Waals surface area (Å²) in [5.74, 6) is -0.0478. The van der Waals surface area contributed by atoms with Gasteiger partial charge in [0.1, 0.15) is 29.6 Å². The largest absolute Gasteiger partial charge is 0.507 e. The molecule has 4 aromatic rings. The molecule has 0 bridgehead atoms. The Morgan fingerprint density at radius 2 is 1.90 bits per heavy atom. The number of carbonyl (C=O) groups is 2. The number of benzene rings is 3. The van der Waals surface area contributed by atoms with Crippen LogP contribution in [0.2, 0.25) is 0 Å². The first kappa shape index (κ1) is 26.0. The van der Waals surface area contributed by atoms with Crippen LogP contribution in [0.3, 0.4) is 0 Å². The van der Waals surface area contributed by atoms with Crippen molar-refractivity contribution in [3.05, 3.63) is 95.6 Å². The van der Waals surface area contributed by atoms with E-state index in [1.165, 1.54) is 16.2 Å². The third-order valence-corrected chi connectivity index (χ3v) is 7.46. The molecule has 198 valence electrons. The van der Waals surface area contributed by atoms with Crippen LogP contribution >= 0.6 is 11.3 Å². The number of hydrogen-bond donors (Lipinski definition) is 1. The molecular formula is C30H26N2O6S. The van der Waals surface area contributed by atoms with E-state index in [2.05, 4.69) is 11.6 Å². The van der Waals surface area contributed by atoms with E-state index >= 15 is 0 Å². The minimum atomic E-state index is -0.942. The fourth-order valence-corrected chi connectivity index (χ4v) is 5.60. The van der Waals surface area contributed by atoms with Gasteiger partial charge in [0.2, 0.25) is 0 Å². The average molecular weight is 543 g/mol. The lowest BCUT2D eigenvalue weighted by Crippen LogP contribution is -2.29. The van der Waals surface area contributed by atoms with Gasteiger partial charge >= 0.3 is 5.91 Å². The van der Waals surface area contributed by atoms with Crippen LogP contribution in [0, 0.1) is 6.92 Å². The fraction of sp³-hybridized carbons (Fsp3) is 0.167. The Morgan fingerprint density at radius 3 is 2.62 bits per heavy atom. The number of thiazole rings is 1.